The number of nitrogens with zero attached hydrogens (tertiary/aromatic N) is 3. The standard InChI is InChI=1S/C23H17N3OS/c1-16-7-12-20-21(13-16)28-23(25-20)26(15-18-5-3-2-4-6-18)22(27)19-10-8-17(14-24)9-11-19/h2-13H,15H2,1H3. The van der Waals surface area contributed by atoms with Gasteiger partial charge in [0.1, 0.15) is 0 Å². The van der Waals surface area contributed by atoms with Gasteiger partial charge < -0.3 is 0 Å². The van der Waals surface area contributed by atoms with Crippen molar-refractivity contribution >= 4 is 32.6 Å². The molecule has 0 saturated carbocycles. The Balaban J connectivity index is 1.75. The Kier molecular flexibility index (Phi) is 4.88. The van der Waals surface area contributed by atoms with Crippen LogP contribution in [0.5, 0.6) is 0 Å². The maximum Gasteiger partial charge on any atom is 0.260 e. The van der Waals surface area contributed by atoms with Crippen LogP contribution in [0.4, 0.5) is 5.13 Å². The van der Waals surface area contributed by atoms with Crippen LogP contribution in [-0.2, 0) is 6.54 Å². The van der Waals surface area contributed by atoms with Crippen LogP contribution in [0.1, 0.15) is 27.0 Å². The molecule has 0 unspecified atom stereocenters. The van der Waals surface area contributed by atoms with Crippen molar-refractivity contribution in [2.75, 3.05) is 4.90 Å². The summed E-state index contributed by atoms with van der Waals surface area (Å²) in [5.74, 6) is -0.135. The van der Waals surface area contributed by atoms with Crippen LogP contribution in [0.25, 0.3) is 10.2 Å². The van der Waals surface area contributed by atoms with Crippen LogP contribution in [0.3, 0.4) is 0 Å². The normalized spacial score (nSPS) is 10.6. The van der Waals surface area contributed by atoms with Crippen molar-refractivity contribution in [1.29, 1.82) is 5.26 Å². The number of benzene rings is 3. The van der Waals surface area contributed by atoms with E-state index in [1.165, 1.54) is 11.3 Å². The first-order valence-corrected chi connectivity index (χ1v) is 9.69. The highest BCUT2D eigenvalue weighted by atomic mass is 32.1. The molecule has 0 fully saturated rings. The summed E-state index contributed by atoms with van der Waals surface area (Å²) in [5.41, 5.74) is 4.14. The zero-order valence-electron chi connectivity index (χ0n) is 15.3. The number of rotatable bonds is 4. The second kappa shape index (κ2) is 7.63. The number of fused-ring (bicyclic) bond motifs is 1. The molecule has 0 atom stereocenters. The number of thiazole rings is 1. The summed E-state index contributed by atoms with van der Waals surface area (Å²) in [6.45, 7) is 2.47. The number of amides is 1. The van der Waals surface area contributed by atoms with Crippen molar-refractivity contribution in [3.8, 4) is 6.07 Å². The van der Waals surface area contributed by atoms with Crippen LogP contribution in [0.2, 0.25) is 0 Å². The lowest BCUT2D eigenvalue weighted by Gasteiger charge is -2.20. The van der Waals surface area contributed by atoms with E-state index in [0.717, 1.165) is 21.3 Å². The predicted molar refractivity (Wildman–Crippen MR) is 112 cm³/mol. The molecule has 0 bridgehead atoms. The van der Waals surface area contributed by atoms with E-state index in [9.17, 15) is 4.79 Å². The molecule has 3 aromatic carbocycles. The minimum absolute atomic E-state index is 0.135. The van der Waals surface area contributed by atoms with E-state index in [2.05, 4.69) is 12.1 Å². The van der Waals surface area contributed by atoms with E-state index in [1.54, 1.807) is 29.2 Å². The molecule has 5 heteroatoms. The number of hydrogen-bond acceptors (Lipinski definition) is 4. The Labute approximate surface area is 167 Å². The van der Waals surface area contributed by atoms with Crippen molar-refractivity contribution in [1.82, 2.24) is 4.98 Å². The fraction of sp³-hybridized carbons (Fsp3) is 0.0870. The smallest absolute Gasteiger partial charge is 0.260 e. The number of carbonyl (C=O) groups excluding carboxylic acids is 1. The molecule has 0 N–H and O–H groups in total. The monoisotopic (exact) mass is 383 g/mol. The van der Waals surface area contributed by atoms with Gasteiger partial charge in [-0.3, -0.25) is 9.69 Å². The first-order chi connectivity index (χ1) is 13.6. The van der Waals surface area contributed by atoms with Gasteiger partial charge in [-0.25, -0.2) is 4.98 Å². The Bertz CT molecular complexity index is 1170. The van der Waals surface area contributed by atoms with Crippen LogP contribution in [-0.4, -0.2) is 10.9 Å². The van der Waals surface area contributed by atoms with Crippen LogP contribution < -0.4 is 4.90 Å². The third-order valence-corrected chi connectivity index (χ3v) is 5.49. The summed E-state index contributed by atoms with van der Waals surface area (Å²) in [6.07, 6.45) is 0. The van der Waals surface area contributed by atoms with E-state index < -0.39 is 0 Å². The predicted octanol–water partition coefficient (Wildman–Crippen LogP) is 5.32. The van der Waals surface area contributed by atoms with Crippen molar-refractivity contribution in [3.63, 3.8) is 0 Å². The zero-order chi connectivity index (χ0) is 19.5. The lowest BCUT2D eigenvalue weighted by Crippen LogP contribution is -2.30. The lowest BCUT2D eigenvalue weighted by molar-refractivity contribution is 0.0985. The Morgan fingerprint density at radius 1 is 1.07 bits per heavy atom. The average Bonchev–Trinajstić information content (AvgIpc) is 3.15. The molecule has 4 rings (SSSR count). The van der Waals surface area contributed by atoms with E-state index in [0.29, 0.717) is 22.8 Å². The largest absolute Gasteiger partial charge is 0.279 e. The molecule has 0 spiro atoms. The second-order valence-electron chi connectivity index (χ2n) is 6.53. The van der Waals surface area contributed by atoms with Gasteiger partial charge in [0.15, 0.2) is 5.13 Å². The van der Waals surface area contributed by atoms with Gasteiger partial charge in [-0.1, -0.05) is 47.7 Å². The van der Waals surface area contributed by atoms with Gasteiger partial charge in [-0.2, -0.15) is 5.26 Å². The van der Waals surface area contributed by atoms with E-state index in [1.807, 2.05) is 49.4 Å². The molecule has 1 heterocycles. The third-order valence-electron chi connectivity index (χ3n) is 4.45. The summed E-state index contributed by atoms with van der Waals surface area (Å²) >= 11 is 1.51. The molecule has 28 heavy (non-hydrogen) atoms. The van der Waals surface area contributed by atoms with Crippen molar-refractivity contribution < 1.29 is 4.79 Å². The number of nitriles is 1. The Hall–Kier alpha value is -3.49. The van der Waals surface area contributed by atoms with Gasteiger partial charge >= 0.3 is 0 Å². The van der Waals surface area contributed by atoms with Crippen LogP contribution in [0.15, 0.2) is 72.8 Å². The molecule has 0 aliphatic carbocycles. The fourth-order valence-corrected chi connectivity index (χ4v) is 4.03. The van der Waals surface area contributed by atoms with E-state index in [-0.39, 0.29) is 5.91 Å². The second-order valence-corrected chi connectivity index (χ2v) is 7.54. The van der Waals surface area contributed by atoms with Crippen LogP contribution in [0, 0.1) is 18.3 Å². The summed E-state index contributed by atoms with van der Waals surface area (Å²) in [5, 5.41) is 9.66. The Morgan fingerprint density at radius 2 is 1.82 bits per heavy atom. The molecule has 136 valence electrons. The SMILES string of the molecule is Cc1ccc2nc(N(Cc3ccccc3)C(=O)c3ccc(C#N)cc3)sc2c1. The van der Waals surface area contributed by atoms with Gasteiger partial charge in [0.25, 0.3) is 5.91 Å². The fourth-order valence-electron chi connectivity index (χ4n) is 2.97. The molecule has 0 radical (unpaired) electrons. The molecule has 4 nitrogen and oxygen atoms in total. The molecule has 0 aliphatic heterocycles. The molecule has 1 amide bonds. The Morgan fingerprint density at radius 3 is 2.54 bits per heavy atom. The van der Waals surface area contributed by atoms with Gasteiger partial charge in [-0.05, 0) is 54.4 Å². The topological polar surface area (TPSA) is 57.0 Å². The van der Waals surface area contributed by atoms with E-state index >= 15 is 0 Å². The number of hydrogen-bond donors (Lipinski definition) is 0. The maximum atomic E-state index is 13.3. The van der Waals surface area contributed by atoms with Gasteiger partial charge in [-0.15, -0.1) is 0 Å². The first-order valence-electron chi connectivity index (χ1n) is 8.87. The summed E-state index contributed by atoms with van der Waals surface area (Å²) in [4.78, 5) is 19.7. The molecule has 4 aromatic rings. The minimum Gasteiger partial charge on any atom is -0.279 e. The lowest BCUT2D eigenvalue weighted by atomic mass is 10.1. The number of aromatic nitrogens is 1. The molecule has 0 saturated heterocycles. The van der Waals surface area contributed by atoms with Gasteiger partial charge in [0, 0.05) is 5.56 Å². The highest BCUT2D eigenvalue weighted by Crippen LogP contribution is 2.31. The molecule has 0 aliphatic rings. The summed E-state index contributed by atoms with van der Waals surface area (Å²) < 4.78 is 1.06. The maximum absolute atomic E-state index is 13.3. The van der Waals surface area contributed by atoms with Gasteiger partial charge in [0.2, 0.25) is 0 Å². The van der Waals surface area contributed by atoms with Crippen molar-refractivity contribution in [2.24, 2.45) is 0 Å². The number of aryl methyl sites for hydroxylation is 1. The number of carbonyl (C=O) groups is 1. The first kappa shape index (κ1) is 17.9. The highest BCUT2D eigenvalue weighted by molar-refractivity contribution is 7.22. The molecular weight excluding hydrogens is 366 g/mol. The number of anilines is 1. The van der Waals surface area contributed by atoms with Crippen molar-refractivity contribution in [2.45, 2.75) is 13.5 Å². The van der Waals surface area contributed by atoms with E-state index in [4.69, 9.17) is 10.2 Å². The minimum atomic E-state index is -0.135. The highest BCUT2D eigenvalue weighted by Gasteiger charge is 2.21. The third kappa shape index (κ3) is 3.64. The average molecular weight is 383 g/mol. The molecule has 1 aromatic heterocycles. The zero-order valence-corrected chi connectivity index (χ0v) is 16.1. The summed E-state index contributed by atoms with van der Waals surface area (Å²) in [7, 11) is 0. The van der Waals surface area contributed by atoms with Crippen molar-refractivity contribution in [3.05, 3.63) is 95.1 Å². The quantitative estimate of drug-likeness (QED) is 0.479. The van der Waals surface area contributed by atoms with Crippen LogP contribution >= 0.6 is 11.3 Å². The van der Waals surface area contributed by atoms with Gasteiger partial charge in [0.05, 0.1) is 28.4 Å². The summed E-state index contributed by atoms with van der Waals surface area (Å²) in [6, 6.07) is 24.7. The molecular formula is C23H17N3OS.